The first-order valence-electron chi connectivity index (χ1n) is 18.0. The fourth-order valence-electron chi connectivity index (χ4n) is 7.27. The number of benzene rings is 5. The molecule has 0 aliphatic heterocycles. The molecule has 0 fully saturated rings. The SMILES string of the molecule is CCCCc1nc(-c2ccc[n+]([O-])c2)cn1Cc1ccc(-c2ccccc2-c2nnnn2C(c2ccccc2)(c2ccccc2)c2ccccc2)cc1. The van der Waals surface area contributed by atoms with Crippen molar-refractivity contribution in [1.29, 1.82) is 0 Å². The van der Waals surface area contributed by atoms with Gasteiger partial charge in [-0.05, 0) is 56.3 Å². The summed E-state index contributed by atoms with van der Waals surface area (Å²) in [7, 11) is 0. The molecule has 8 heteroatoms. The molecule has 0 saturated heterocycles. The van der Waals surface area contributed by atoms with Crippen LogP contribution in [-0.4, -0.2) is 29.8 Å². The smallest absolute Gasteiger partial charge is 0.189 e. The van der Waals surface area contributed by atoms with Gasteiger partial charge in [-0.15, -0.1) is 5.10 Å². The Hall–Kier alpha value is -6.67. The lowest BCUT2D eigenvalue weighted by molar-refractivity contribution is -0.604. The maximum Gasteiger partial charge on any atom is 0.189 e. The van der Waals surface area contributed by atoms with Gasteiger partial charge in [0.25, 0.3) is 0 Å². The summed E-state index contributed by atoms with van der Waals surface area (Å²) in [4.78, 5) is 4.94. The van der Waals surface area contributed by atoms with E-state index in [4.69, 9.17) is 15.3 Å². The van der Waals surface area contributed by atoms with E-state index in [9.17, 15) is 5.21 Å². The average Bonchev–Trinajstić information content (AvgIpc) is 3.87. The Labute approximate surface area is 309 Å². The maximum atomic E-state index is 12.0. The molecule has 3 heterocycles. The molecule has 8 aromatic rings. The molecule has 0 unspecified atom stereocenters. The van der Waals surface area contributed by atoms with Gasteiger partial charge in [-0.1, -0.05) is 153 Å². The molecule has 8 nitrogen and oxygen atoms in total. The Kier molecular flexibility index (Phi) is 9.41. The summed E-state index contributed by atoms with van der Waals surface area (Å²) in [6.07, 6.45) is 8.11. The third kappa shape index (κ3) is 6.51. The Morgan fingerprint density at radius 3 is 1.87 bits per heavy atom. The van der Waals surface area contributed by atoms with Gasteiger partial charge in [-0.3, -0.25) is 0 Å². The quantitative estimate of drug-likeness (QED) is 0.0726. The topological polar surface area (TPSA) is 88.4 Å². The largest absolute Gasteiger partial charge is 0.619 e. The molecule has 0 atom stereocenters. The summed E-state index contributed by atoms with van der Waals surface area (Å²) in [5, 5.41) is 25.8. The number of aryl methyl sites for hydroxylation is 1. The van der Waals surface area contributed by atoms with Gasteiger partial charge in [0, 0.05) is 30.8 Å². The molecule has 0 N–H and O–H groups in total. The predicted molar refractivity (Wildman–Crippen MR) is 208 cm³/mol. The third-order valence-corrected chi connectivity index (χ3v) is 9.83. The van der Waals surface area contributed by atoms with Gasteiger partial charge in [0.2, 0.25) is 0 Å². The van der Waals surface area contributed by atoms with Crippen LogP contribution in [0, 0.1) is 5.21 Å². The number of aromatic nitrogens is 7. The van der Waals surface area contributed by atoms with E-state index in [1.54, 1.807) is 12.3 Å². The zero-order chi connectivity index (χ0) is 36.0. The van der Waals surface area contributed by atoms with E-state index in [0.29, 0.717) is 12.4 Å². The van der Waals surface area contributed by atoms with Crippen LogP contribution in [-0.2, 0) is 18.5 Å². The van der Waals surface area contributed by atoms with Crippen molar-refractivity contribution in [1.82, 2.24) is 29.8 Å². The second kappa shape index (κ2) is 14.9. The molecular weight excluding hydrogens is 655 g/mol. The van der Waals surface area contributed by atoms with Crippen LogP contribution in [0.2, 0.25) is 0 Å². The van der Waals surface area contributed by atoms with Crippen molar-refractivity contribution in [3.05, 3.63) is 204 Å². The highest BCUT2D eigenvalue weighted by atomic mass is 16.5. The molecule has 3 aromatic heterocycles. The molecule has 0 saturated carbocycles. The number of hydrogen-bond acceptors (Lipinski definition) is 5. The molecule has 0 aliphatic carbocycles. The van der Waals surface area contributed by atoms with E-state index in [-0.39, 0.29) is 0 Å². The summed E-state index contributed by atoms with van der Waals surface area (Å²) in [5.41, 5.74) is 8.08. The number of tetrazole rings is 1. The highest BCUT2D eigenvalue weighted by Gasteiger charge is 2.42. The summed E-state index contributed by atoms with van der Waals surface area (Å²) < 4.78 is 5.01. The van der Waals surface area contributed by atoms with Gasteiger partial charge in [0.05, 0.1) is 11.3 Å². The third-order valence-electron chi connectivity index (χ3n) is 9.83. The van der Waals surface area contributed by atoms with E-state index in [1.165, 1.54) is 6.20 Å². The molecule has 0 amide bonds. The Balaban J connectivity index is 1.19. The first kappa shape index (κ1) is 33.5. The lowest BCUT2D eigenvalue weighted by atomic mass is 9.77. The first-order chi connectivity index (χ1) is 26.1. The van der Waals surface area contributed by atoms with Crippen molar-refractivity contribution in [2.75, 3.05) is 0 Å². The van der Waals surface area contributed by atoms with Crippen LogP contribution in [0.25, 0.3) is 33.8 Å². The average molecular weight is 694 g/mol. The molecule has 260 valence electrons. The lowest BCUT2D eigenvalue weighted by Crippen LogP contribution is -2.39. The molecule has 0 aliphatic rings. The highest BCUT2D eigenvalue weighted by molar-refractivity contribution is 5.81. The zero-order valence-corrected chi connectivity index (χ0v) is 29.5. The van der Waals surface area contributed by atoms with Gasteiger partial charge >= 0.3 is 0 Å². The van der Waals surface area contributed by atoms with Crippen LogP contribution in [0.4, 0.5) is 0 Å². The van der Waals surface area contributed by atoms with E-state index >= 15 is 0 Å². The first-order valence-corrected chi connectivity index (χ1v) is 18.0. The predicted octanol–water partition coefficient (Wildman–Crippen LogP) is 8.74. The van der Waals surface area contributed by atoms with Crippen LogP contribution < -0.4 is 4.73 Å². The van der Waals surface area contributed by atoms with Crippen LogP contribution >= 0.6 is 0 Å². The van der Waals surface area contributed by atoms with Crippen molar-refractivity contribution in [2.24, 2.45) is 0 Å². The minimum Gasteiger partial charge on any atom is -0.619 e. The van der Waals surface area contributed by atoms with Crippen LogP contribution in [0.3, 0.4) is 0 Å². The Morgan fingerprint density at radius 1 is 0.660 bits per heavy atom. The summed E-state index contributed by atoms with van der Waals surface area (Å²) in [6.45, 7) is 2.86. The molecule has 5 aromatic carbocycles. The zero-order valence-electron chi connectivity index (χ0n) is 29.5. The van der Waals surface area contributed by atoms with Crippen LogP contribution in [0.5, 0.6) is 0 Å². The minimum atomic E-state index is -0.855. The molecule has 8 rings (SSSR count). The molecule has 0 radical (unpaired) electrons. The van der Waals surface area contributed by atoms with Crippen LogP contribution in [0.15, 0.2) is 170 Å². The van der Waals surface area contributed by atoms with Gasteiger partial charge in [-0.2, -0.15) is 4.73 Å². The van der Waals surface area contributed by atoms with Crippen molar-refractivity contribution >= 4 is 0 Å². The van der Waals surface area contributed by atoms with Crippen molar-refractivity contribution in [3.8, 4) is 33.8 Å². The fraction of sp³-hybridized carbons (Fsp3) is 0.133. The molecular formula is C45H39N7O. The summed E-state index contributed by atoms with van der Waals surface area (Å²) >= 11 is 0. The molecule has 0 spiro atoms. The van der Waals surface area contributed by atoms with Gasteiger partial charge in [-0.25, -0.2) is 9.67 Å². The number of unbranched alkanes of at least 4 members (excludes halogenated alkanes) is 1. The van der Waals surface area contributed by atoms with E-state index < -0.39 is 5.54 Å². The molecule has 0 bridgehead atoms. The minimum absolute atomic E-state index is 0.660. The Bertz CT molecular complexity index is 2320. The number of nitrogens with zero attached hydrogens (tertiary/aromatic N) is 7. The Morgan fingerprint density at radius 2 is 1.26 bits per heavy atom. The highest BCUT2D eigenvalue weighted by Crippen LogP contribution is 2.43. The maximum absolute atomic E-state index is 12.0. The number of hydrogen-bond donors (Lipinski definition) is 0. The lowest BCUT2D eigenvalue weighted by Gasteiger charge is -2.36. The van der Waals surface area contributed by atoms with Gasteiger partial charge < -0.3 is 9.77 Å². The summed E-state index contributed by atoms with van der Waals surface area (Å²) in [5.74, 6) is 1.68. The number of pyridine rings is 1. The fourth-order valence-corrected chi connectivity index (χ4v) is 7.27. The van der Waals surface area contributed by atoms with E-state index in [0.717, 1.165) is 80.0 Å². The number of rotatable bonds is 12. The van der Waals surface area contributed by atoms with Crippen molar-refractivity contribution < 1.29 is 4.73 Å². The normalized spacial score (nSPS) is 11.5. The standard InChI is InChI=1S/C45H39N7O/c1-2-3-25-43-46-42(36-16-15-30-51(53)32-36)33-50(43)31-34-26-28-35(29-27-34)40-23-13-14-24-41(40)44-47-48-49-52(44)45(37-17-7-4-8-18-37,38-19-9-5-10-20-38)39-21-11-6-12-22-39/h4-24,26-30,32-33H,2-3,25,31H2,1H3. The van der Waals surface area contributed by atoms with Crippen LogP contribution in [0.1, 0.15) is 47.8 Å². The second-order valence-corrected chi connectivity index (χ2v) is 13.2. The van der Waals surface area contributed by atoms with E-state index in [1.807, 2.05) is 35.0 Å². The monoisotopic (exact) mass is 693 g/mol. The number of imidazole rings is 1. The second-order valence-electron chi connectivity index (χ2n) is 13.2. The summed E-state index contributed by atoms with van der Waals surface area (Å²) in [6, 6.07) is 52.1. The van der Waals surface area contributed by atoms with Gasteiger partial charge in [0.1, 0.15) is 11.4 Å². The van der Waals surface area contributed by atoms with Crippen molar-refractivity contribution in [2.45, 2.75) is 38.3 Å². The van der Waals surface area contributed by atoms with E-state index in [2.05, 4.69) is 138 Å². The molecule has 53 heavy (non-hydrogen) atoms. The van der Waals surface area contributed by atoms with Crippen molar-refractivity contribution in [3.63, 3.8) is 0 Å². The van der Waals surface area contributed by atoms with Gasteiger partial charge in [0.15, 0.2) is 18.2 Å².